The van der Waals surface area contributed by atoms with Crippen molar-refractivity contribution in [3.8, 4) is 5.75 Å². The molecule has 2 N–H and O–H groups in total. The van der Waals surface area contributed by atoms with Crippen molar-refractivity contribution in [3.63, 3.8) is 0 Å². The quantitative estimate of drug-likeness (QED) is 0.673. The molecule has 0 bridgehead atoms. The highest BCUT2D eigenvalue weighted by atomic mass is 32.2. The Morgan fingerprint density at radius 2 is 1.84 bits per heavy atom. The molecule has 5 nitrogen and oxygen atoms in total. The highest BCUT2D eigenvalue weighted by Gasteiger charge is 2.12. The van der Waals surface area contributed by atoms with Crippen LogP contribution in [-0.2, 0) is 10.0 Å². The normalized spacial score (nSPS) is 11.5. The van der Waals surface area contributed by atoms with E-state index in [1.807, 2.05) is 14.0 Å². The van der Waals surface area contributed by atoms with Gasteiger partial charge in [-0.25, -0.2) is 13.1 Å². The van der Waals surface area contributed by atoms with Crippen molar-refractivity contribution in [1.29, 1.82) is 0 Å². The van der Waals surface area contributed by atoms with E-state index in [0.717, 1.165) is 19.4 Å². The maximum absolute atomic E-state index is 11.8. The summed E-state index contributed by atoms with van der Waals surface area (Å²) in [4.78, 5) is 0.267. The molecule has 0 heterocycles. The molecule has 19 heavy (non-hydrogen) atoms. The summed E-state index contributed by atoms with van der Waals surface area (Å²) in [6, 6.07) is 6.48. The third-order valence-corrected chi connectivity index (χ3v) is 3.99. The molecule has 0 saturated carbocycles. The van der Waals surface area contributed by atoms with Crippen molar-refractivity contribution in [3.05, 3.63) is 24.3 Å². The highest BCUT2D eigenvalue weighted by molar-refractivity contribution is 7.89. The van der Waals surface area contributed by atoms with Gasteiger partial charge in [-0.15, -0.1) is 0 Å². The smallest absolute Gasteiger partial charge is 0.240 e. The summed E-state index contributed by atoms with van der Waals surface area (Å²) in [5.74, 6) is 0.686. The summed E-state index contributed by atoms with van der Waals surface area (Å²) in [5, 5.41) is 3.03. The summed E-state index contributed by atoms with van der Waals surface area (Å²) in [6.07, 6.45) is 1.68. The number of rotatable bonds is 9. The van der Waals surface area contributed by atoms with E-state index in [1.54, 1.807) is 24.3 Å². The van der Waals surface area contributed by atoms with E-state index in [-0.39, 0.29) is 4.90 Å². The second kappa shape index (κ2) is 8.14. The minimum absolute atomic E-state index is 0.267. The van der Waals surface area contributed by atoms with E-state index in [9.17, 15) is 8.42 Å². The molecule has 6 heteroatoms. The van der Waals surface area contributed by atoms with Crippen LogP contribution in [0, 0.1) is 0 Å². The Balaban J connectivity index is 2.56. The zero-order valence-electron chi connectivity index (χ0n) is 11.5. The van der Waals surface area contributed by atoms with Gasteiger partial charge in [-0.3, -0.25) is 0 Å². The second-order valence-electron chi connectivity index (χ2n) is 4.17. The molecule has 0 aliphatic carbocycles. The van der Waals surface area contributed by atoms with Crippen molar-refractivity contribution in [2.75, 3.05) is 26.7 Å². The van der Waals surface area contributed by atoms with E-state index in [2.05, 4.69) is 10.0 Å². The number of sulfonamides is 1. The van der Waals surface area contributed by atoms with Gasteiger partial charge in [0.2, 0.25) is 10.0 Å². The van der Waals surface area contributed by atoms with Gasteiger partial charge < -0.3 is 10.1 Å². The van der Waals surface area contributed by atoms with Gasteiger partial charge in [-0.05, 0) is 50.7 Å². The Morgan fingerprint density at radius 3 is 2.42 bits per heavy atom. The molecule has 0 atom stereocenters. The van der Waals surface area contributed by atoms with Gasteiger partial charge in [-0.2, -0.15) is 0 Å². The SMILES string of the molecule is CCCNS(=O)(=O)c1ccc(OCCCNC)cc1. The first-order valence-corrected chi connectivity index (χ1v) is 7.95. The van der Waals surface area contributed by atoms with Gasteiger partial charge >= 0.3 is 0 Å². The van der Waals surface area contributed by atoms with Crippen molar-refractivity contribution < 1.29 is 13.2 Å². The first-order valence-electron chi connectivity index (χ1n) is 6.47. The fourth-order valence-corrected chi connectivity index (χ4v) is 2.61. The van der Waals surface area contributed by atoms with Gasteiger partial charge in [0, 0.05) is 6.54 Å². The summed E-state index contributed by atoms with van der Waals surface area (Å²) in [7, 11) is -1.49. The zero-order chi connectivity index (χ0) is 14.1. The molecule has 0 aromatic heterocycles. The molecule has 1 aromatic rings. The van der Waals surface area contributed by atoms with Crippen LogP contribution in [0.4, 0.5) is 0 Å². The third kappa shape index (κ3) is 5.59. The Bertz CT molecular complexity index is 457. The Hall–Kier alpha value is -1.11. The Kier molecular flexibility index (Phi) is 6.83. The number of ether oxygens (including phenoxy) is 1. The summed E-state index contributed by atoms with van der Waals surface area (Å²) < 4.78 is 31.7. The maximum atomic E-state index is 11.8. The first-order chi connectivity index (χ1) is 9.10. The van der Waals surface area contributed by atoms with Gasteiger partial charge in [0.05, 0.1) is 11.5 Å². The maximum Gasteiger partial charge on any atom is 0.240 e. The fraction of sp³-hybridized carbons (Fsp3) is 0.538. The van der Waals surface area contributed by atoms with Crippen LogP contribution in [0.2, 0.25) is 0 Å². The third-order valence-electron chi connectivity index (χ3n) is 2.52. The average Bonchev–Trinajstić information content (AvgIpc) is 2.42. The van der Waals surface area contributed by atoms with E-state index in [4.69, 9.17) is 4.74 Å². The van der Waals surface area contributed by atoms with E-state index in [1.165, 1.54) is 0 Å². The molecule has 0 aliphatic rings. The first kappa shape index (κ1) is 15.9. The molecule has 108 valence electrons. The van der Waals surface area contributed by atoms with Crippen LogP contribution in [0.25, 0.3) is 0 Å². The molecule has 0 unspecified atom stereocenters. The Morgan fingerprint density at radius 1 is 1.16 bits per heavy atom. The molecule has 0 fully saturated rings. The van der Waals surface area contributed by atoms with E-state index < -0.39 is 10.0 Å². The summed E-state index contributed by atoms with van der Waals surface area (Å²) in [6.45, 7) is 3.88. The number of benzene rings is 1. The zero-order valence-corrected chi connectivity index (χ0v) is 12.3. The van der Waals surface area contributed by atoms with Crippen LogP contribution in [0.5, 0.6) is 5.75 Å². The molecule has 0 amide bonds. The molecular weight excluding hydrogens is 264 g/mol. The lowest BCUT2D eigenvalue weighted by atomic mass is 10.3. The monoisotopic (exact) mass is 286 g/mol. The van der Waals surface area contributed by atoms with Crippen molar-refractivity contribution in [2.24, 2.45) is 0 Å². The molecule has 1 aromatic carbocycles. The van der Waals surface area contributed by atoms with Gasteiger partial charge in [0.1, 0.15) is 5.75 Å². The molecule has 1 rings (SSSR count). The van der Waals surface area contributed by atoms with Crippen LogP contribution in [0.3, 0.4) is 0 Å². The van der Waals surface area contributed by atoms with Crippen LogP contribution in [-0.4, -0.2) is 35.2 Å². The van der Waals surface area contributed by atoms with E-state index >= 15 is 0 Å². The lowest BCUT2D eigenvalue weighted by molar-refractivity contribution is 0.309. The molecule has 0 aliphatic heterocycles. The molecular formula is C13H22N2O3S. The minimum Gasteiger partial charge on any atom is -0.494 e. The van der Waals surface area contributed by atoms with Crippen molar-refractivity contribution in [1.82, 2.24) is 10.0 Å². The van der Waals surface area contributed by atoms with Crippen LogP contribution in [0.1, 0.15) is 19.8 Å². The predicted molar refractivity (Wildman–Crippen MR) is 76.0 cm³/mol. The van der Waals surface area contributed by atoms with Crippen molar-refractivity contribution in [2.45, 2.75) is 24.7 Å². The molecule has 0 radical (unpaired) electrons. The van der Waals surface area contributed by atoms with Crippen LogP contribution >= 0.6 is 0 Å². The topological polar surface area (TPSA) is 67.4 Å². The van der Waals surface area contributed by atoms with Crippen LogP contribution in [0.15, 0.2) is 29.2 Å². The average molecular weight is 286 g/mol. The summed E-state index contributed by atoms with van der Waals surface area (Å²) in [5.41, 5.74) is 0. The Labute approximate surface area is 115 Å². The van der Waals surface area contributed by atoms with Gasteiger partial charge in [-0.1, -0.05) is 6.92 Å². The molecule has 0 saturated heterocycles. The second-order valence-corrected chi connectivity index (χ2v) is 5.94. The minimum atomic E-state index is -3.38. The lowest BCUT2D eigenvalue weighted by Gasteiger charge is -2.08. The predicted octanol–water partition coefficient (Wildman–Crippen LogP) is 1.36. The van der Waals surface area contributed by atoms with Crippen LogP contribution < -0.4 is 14.8 Å². The standard InChI is InChI=1S/C13H22N2O3S/c1-3-9-15-19(16,17)13-7-5-12(6-8-13)18-11-4-10-14-2/h5-8,14-15H,3-4,9-11H2,1-2H3. The van der Waals surface area contributed by atoms with Gasteiger partial charge in [0.25, 0.3) is 0 Å². The summed E-state index contributed by atoms with van der Waals surface area (Å²) >= 11 is 0. The van der Waals surface area contributed by atoms with Crippen molar-refractivity contribution >= 4 is 10.0 Å². The van der Waals surface area contributed by atoms with E-state index in [0.29, 0.717) is 18.9 Å². The lowest BCUT2D eigenvalue weighted by Crippen LogP contribution is -2.24. The highest BCUT2D eigenvalue weighted by Crippen LogP contribution is 2.15. The number of hydrogen-bond acceptors (Lipinski definition) is 4. The number of nitrogens with one attached hydrogen (secondary N) is 2. The largest absolute Gasteiger partial charge is 0.494 e. The molecule has 0 spiro atoms. The van der Waals surface area contributed by atoms with Gasteiger partial charge in [0.15, 0.2) is 0 Å². The fourth-order valence-electron chi connectivity index (χ4n) is 1.47. The number of hydrogen-bond donors (Lipinski definition) is 2.